The highest BCUT2D eigenvalue weighted by Gasteiger charge is 2.54. The Morgan fingerprint density at radius 3 is 1.93 bits per heavy atom. The maximum absolute atomic E-state index is 11.3. The molecule has 0 aromatic carbocycles. The molecule has 2 fully saturated rings. The second-order valence-electron chi connectivity index (χ2n) is 4.29. The van der Waals surface area contributed by atoms with Crippen molar-refractivity contribution in [2.24, 2.45) is 17.3 Å². The molecule has 0 spiro atoms. The summed E-state index contributed by atoms with van der Waals surface area (Å²) >= 11 is 0. The number of hydrogen-bond donors (Lipinski definition) is 3. The van der Waals surface area contributed by atoms with Crippen molar-refractivity contribution in [1.29, 1.82) is 0 Å². The molecule has 0 bridgehead atoms. The van der Waals surface area contributed by atoms with E-state index in [9.17, 15) is 9.59 Å². The van der Waals surface area contributed by atoms with Crippen LogP contribution in [-0.2, 0) is 9.59 Å². The van der Waals surface area contributed by atoms with Gasteiger partial charge in [0, 0.05) is 5.41 Å². The number of aliphatic hydroxyl groups excluding tert-OH is 2. The van der Waals surface area contributed by atoms with Crippen LogP contribution < -0.4 is 5.32 Å². The number of amides is 2. The minimum absolute atomic E-state index is 0.170. The quantitative estimate of drug-likeness (QED) is 0.479. The molecule has 2 atom stereocenters. The van der Waals surface area contributed by atoms with Gasteiger partial charge in [-0.05, 0) is 12.8 Å². The van der Waals surface area contributed by atoms with Gasteiger partial charge in [0.15, 0.2) is 0 Å². The Labute approximate surface area is 81.1 Å². The van der Waals surface area contributed by atoms with Gasteiger partial charge in [-0.1, -0.05) is 0 Å². The number of imide groups is 1. The van der Waals surface area contributed by atoms with Gasteiger partial charge in [-0.25, -0.2) is 0 Å². The molecule has 1 aliphatic carbocycles. The fourth-order valence-corrected chi connectivity index (χ4v) is 2.47. The van der Waals surface area contributed by atoms with E-state index in [1.807, 2.05) is 0 Å². The van der Waals surface area contributed by atoms with E-state index in [0.29, 0.717) is 12.8 Å². The Morgan fingerprint density at radius 1 is 1.14 bits per heavy atom. The van der Waals surface area contributed by atoms with Crippen molar-refractivity contribution in [3.8, 4) is 0 Å². The lowest BCUT2D eigenvalue weighted by molar-refractivity contribution is -0.127. The van der Waals surface area contributed by atoms with Crippen molar-refractivity contribution in [3.63, 3.8) is 0 Å². The summed E-state index contributed by atoms with van der Waals surface area (Å²) in [6.45, 7) is -0.339. The molecule has 1 heterocycles. The van der Waals surface area contributed by atoms with E-state index in [2.05, 4.69) is 5.32 Å². The molecule has 1 aliphatic heterocycles. The van der Waals surface area contributed by atoms with Gasteiger partial charge in [-0.2, -0.15) is 0 Å². The van der Waals surface area contributed by atoms with Crippen molar-refractivity contribution in [2.75, 3.05) is 13.2 Å². The van der Waals surface area contributed by atoms with Crippen molar-refractivity contribution in [2.45, 2.75) is 12.8 Å². The van der Waals surface area contributed by atoms with E-state index in [0.717, 1.165) is 0 Å². The van der Waals surface area contributed by atoms with Crippen molar-refractivity contribution >= 4 is 11.8 Å². The molecule has 2 aliphatic rings. The zero-order valence-electron chi connectivity index (χ0n) is 7.69. The number of nitrogens with one attached hydrogen (secondary N) is 1. The third kappa shape index (κ3) is 1.16. The molecule has 0 aromatic rings. The first kappa shape index (κ1) is 9.61. The summed E-state index contributed by atoms with van der Waals surface area (Å²) in [5.41, 5.74) is -0.636. The van der Waals surface area contributed by atoms with Crippen LogP contribution in [0, 0.1) is 17.3 Å². The van der Waals surface area contributed by atoms with Crippen molar-refractivity contribution in [3.05, 3.63) is 0 Å². The van der Waals surface area contributed by atoms with Gasteiger partial charge in [-0.3, -0.25) is 14.9 Å². The lowest BCUT2D eigenvalue weighted by Crippen LogP contribution is -2.32. The molecule has 3 N–H and O–H groups in total. The van der Waals surface area contributed by atoms with Crippen LogP contribution in [0.2, 0.25) is 0 Å². The third-order valence-electron chi connectivity index (χ3n) is 3.38. The van der Waals surface area contributed by atoms with Gasteiger partial charge < -0.3 is 10.2 Å². The van der Waals surface area contributed by atoms with Gasteiger partial charge in [-0.15, -0.1) is 0 Å². The van der Waals surface area contributed by atoms with E-state index in [1.54, 1.807) is 0 Å². The van der Waals surface area contributed by atoms with Gasteiger partial charge in [0.05, 0.1) is 25.0 Å². The number of rotatable bonds is 2. The molecule has 5 heteroatoms. The molecule has 1 saturated heterocycles. The summed E-state index contributed by atoms with van der Waals surface area (Å²) in [6.07, 6.45) is 0.810. The average Bonchev–Trinajstić information content (AvgIpc) is 2.67. The van der Waals surface area contributed by atoms with Crippen LogP contribution in [0.5, 0.6) is 0 Å². The molecule has 2 amide bonds. The largest absolute Gasteiger partial charge is 0.396 e. The van der Waals surface area contributed by atoms with Gasteiger partial charge in [0.2, 0.25) is 11.8 Å². The monoisotopic (exact) mass is 199 g/mol. The summed E-state index contributed by atoms with van der Waals surface area (Å²) in [5.74, 6) is -1.21. The molecule has 0 aromatic heterocycles. The summed E-state index contributed by atoms with van der Waals surface area (Å²) < 4.78 is 0. The minimum Gasteiger partial charge on any atom is -0.396 e. The third-order valence-corrected chi connectivity index (χ3v) is 3.38. The molecule has 2 rings (SSSR count). The minimum atomic E-state index is -0.636. The van der Waals surface area contributed by atoms with Crippen LogP contribution in [0.25, 0.3) is 0 Å². The molecule has 78 valence electrons. The van der Waals surface area contributed by atoms with E-state index >= 15 is 0 Å². The van der Waals surface area contributed by atoms with Gasteiger partial charge >= 0.3 is 0 Å². The lowest BCUT2D eigenvalue weighted by Gasteiger charge is -2.24. The van der Waals surface area contributed by atoms with Crippen LogP contribution in [0.1, 0.15) is 12.8 Å². The number of carbonyl (C=O) groups excluding carboxylic acids is 2. The molecule has 2 unspecified atom stereocenters. The smallest absolute Gasteiger partial charge is 0.230 e. The Bertz CT molecular complexity index is 261. The van der Waals surface area contributed by atoms with Crippen LogP contribution in [0.3, 0.4) is 0 Å². The first-order valence-corrected chi connectivity index (χ1v) is 4.68. The maximum atomic E-state index is 11.3. The molecular formula is C9H13NO4. The molecule has 14 heavy (non-hydrogen) atoms. The second-order valence-corrected chi connectivity index (χ2v) is 4.29. The predicted octanol–water partition coefficient (Wildman–Crippen LogP) is -1.36. The van der Waals surface area contributed by atoms with Gasteiger partial charge in [0.1, 0.15) is 0 Å². The van der Waals surface area contributed by atoms with E-state index < -0.39 is 5.41 Å². The van der Waals surface area contributed by atoms with E-state index in [1.165, 1.54) is 0 Å². The topological polar surface area (TPSA) is 86.6 Å². The summed E-state index contributed by atoms with van der Waals surface area (Å²) in [7, 11) is 0. The highest BCUT2D eigenvalue weighted by atomic mass is 16.3. The van der Waals surface area contributed by atoms with Crippen LogP contribution in [0.4, 0.5) is 0 Å². The Hall–Kier alpha value is -0.940. The first-order chi connectivity index (χ1) is 6.62. The Balaban J connectivity index is 2.21. The lowest BCUT2D eigenvalue weighted by atomic mass is 9.86. The number of fused-ring (bicyclic) bond motifs is 1. The van der Waals surface area contributed by atoms with Gasteiger partial charge in [0.25, 0.3) is 0 Å². The predicted molar refractivity (Wildman–Crippen MR) is 46.0 cm³/mol. The SMILES string of the molecule is O=C1NC(=O)C2CC(CO)(CO)CC12. The summed E-state index contributed by atoms with van der Waals surface area (Å²) in [5, 5.41) is 20.5. The van der Waals surface area contributed by atoms with E-state index in [4.69, 9.17) is 10.2 Å². The normalized spacial score (nSPS) is 34.4. The summed E-state index contributed by atoms with van der Waals surface area (Å²) in [4.78, 5) is 22.6. The first-order valence-electron chi connectivity index (χ1n) is 4.68. The van der Waals surface area contributed by atoms with Crippen molar-refractivity contribution in [1.82, 2.24) is 5.32 Å². The average molecular weight is 199 g/mol. The fraction of sp³-hybridized carbons (Fsp3) is 0.778. The molecule has 0 radical (unpaired) electrons. The Kier molecular flexibility index (Phi) is 2.08. The second kappa shape index (κ2) is 3.03. The maximum Gasteiger partial charge on any atom is 0.230 e. The zero-order chi connectivity index (χ0) is 10.3. The molecule has 1 saturated carbocycles. The molecule has 5 nitrogen and oxygen atoms in total. The van der Waals surface area contributed by atoms with Crippen molar-refractivity contribution < 1.29 is 19.8 Å². The highest BCUT2D eigenvalue weighted by Crippen LogP contribution is 2.47. The van der Waals surface area contributed by atoms with Crippen LogP contribution in [0.15, 0.2) is 0 Å². The van der Waals surface area contributed by atoms with Crippen LogP contribution in [-0.4, -0.2) is 35.2 Å². The fourth-order valence-electron chi connectivity index (χ4n) is 2.47. The molecular weight excluding hydrogens is 186 g/mol. The number of hydrogen-bond acceptors (Lipinski definition) is 4. The highest BCUT2D eigenvalue weighted by molar-refractivity contribution is 6.05. The zero-order valence-corrected chi connectivity index (χ0v) is 7.69. The standard InChI is InChI=1S/C9H13NO4/c11-3-9(4-12)1-5-6(2-9)8(14)10-7(5)13/h5-6,11-12H,1-4H2,(H,10,13,14). The Morgan fingerprint density at radius 2 is 1.57 bits per heavy atom. The van der Waals surface area contributed by atoms with Crippen LogP contribution >= 0.6 is 0 Å². The number of carbonyl (C=O) groups is 2. The summed E-state index contributed by atoms with van der Waals surface area (Å²) in [6, 6.07) is 0. The van der Waals surface area contributed by atoms with E-state index in [-0.39, 0.29) is 36.9 Å². The number of aliphatic hydroxyl groups is 2.